The zero-order valence-electron chi connectivity index (χ0n) is 15.6. The highest BCUT2D eigenvalue weighted by Gasteiger charge is 2.20. The van der Waals surface area contributed by atoms with Crippen LogP contribution in [0.5, 0.6) is 5.75 Å². The number of ether oxygens (including phenoxy) is 2. The Morgan fingerprint density at radius 2 is 1.64 bits per heavy atom. The lowest BCUT2D eigenvalue weighted by Gasteiger charge is -2.15. The standard InChI is InChI=1S/C21H21NO5S/c1-26-20(24)15-8-10-16(11-9-15)27-21(25)17-6-2-3-7-18(17)28-14-19(23)22-12-4-5-13-22/h2-3,6-11H,4-5,12-14H2,1H3. The molecule has 1 aliphatic rings. The van der Waals surface area contributed by atoms with Gasteiger partial charge >= 0.3 is 11.9 Å². The number of carbonyl (C=O) groups excluding carboxylic acids is 3. The quantitative estimate of drug-likeness (QED) is 0.421. The molecule has 2 aromatic rings. The molecule has 1 saturated heterocycles. The van der Waals surface area contributed by atoms with E-state index in [4.69, 9.17) is 4.74 Å². The number of amides is 1. The Kier molecular flexibility index (Phi) is 6.71. The Labute approximate surface area is 167 Å². The summed E-state index contributed by atoms with van der Waals surface area (Å²) in [6, 6.07) is 13.2. The number of likely N-dealkylation sites (tertiary alicyclic amines) is 1. The van der Waals surface area contributed by atoms with E-state index in [-0.39, 0.29) is 11.7 Å². The molecule has 0 aliphatic carbocycles. The second-order valence-corrected chi connectivity index (χ2v) is 7.30. The first-order valence-electron chi connectivity index (χ1n) is 8.98. The summed E-state index contributed by atoms with van der Waals surface area (Å²) in [6.45, 7) is 1.62. The third-order valence-corrected chi connectivity index (χ3v) is 5.46. The molecule has 1 amide bonds. The van der Waals surface area contributed by atoms with Gasteiger partial charge in [0.05, 0.1) is 24.0 Å². The first-order chi connectivity index (χ1) is 13.6. The predicted molar refractivity (Wildman–Crippen MR) is 106 cm³/mol. The van der Waals surface area contributed by atoms with Crippen molar-refractivity contribution in [2.45, 2.75) is 17.7 Å². The monoisotopic (exact) mass is 399 g/mol. The Hall–Kier alpha value is -2.80. The average molecular weight is 399 g/mol. The minimum Gasteiger partial charge on any atom is -0.465 e. The van der Waals surface area contributed by atoms with E-state index in [0.717, 1.165) is 25.9 Å². The number of benzene rings is 2. The maximum atomic E-state index is 12.6. The largest absolute Gasteiger partial charge is 0.465 e. The van der Waals surface area contributed by atoms with Gasteiger partial charge in [0.15, 0.2) is 0 Å². The van der Waals surface area contributed by atoms with Crippen LogP contribution in [0.1, 0.15) is 33.6 Å². The first kappa shape index (κ1) is 19.9. The van der Waals surface area contributed by atoms with Crippen LogP contribution in [0.25, 0.3) is 0 Å². The third kappa shape index (κ3) is 4.92. The van der Waals surface area contributed by atoms with Crippen molar-refractivity contribution >= 4 is 29.6 Å². The lowest BCUT2D eigenvalue weighted by molar-refractivity contribution is -0.127. The Morgan fingerprint density at radius 3 is 2.32 bits per heavy atom. The highest BCUT2D eigenvalue weighted by molar-refractivity contribution is 8.00. The molecule has 0 radical (unpaired) electrons. The summed E-state index contributed by atoms with van der Waals surface area (Å²) >= 11 is 1.34. The van der Waals surface area contributed by atoms with Crippen LogP contribution in [0.2, 0.25) is 0 Å². The van der Waals surface area contributed by atoms with E-state index in [1.807, 2.05) is 11.0 Å². The average Bonchev–Trinajstić information content (AvgIpc) is 3.27. The molecule has 0 aromatic heterocycles. The molecular weight excluding hydrogens is 378 g/mol. The molecule has 28 heavy (non-hydrogen) atoms. The molecule has 7 heteroatoms. The molecule has 0 unspecified atom stereocenters. The van der Waals surface area contributed by atoms with Crippen LogP contribution in [0.15, 0.2) is 53.4 Å². The SMILES string of the molecule is COC(=O)c1ccc(OC(=O)c2ccccc2SCC(=O)N2CCCC2)cc1. The van der Waals surface area contributed by atoms with Crippen LogP contribution < -0.4 is 4.74 Å². The van der Waals surface area contributed by atoms with Crippen LogP contribution in [0.4, 0.5) is 0 Å². The number of thioether (sulfide) groups is 1. The fourth-order valence-electron chi connectivity index (χ4n) is 2.90. The van der Waals surface area contributed by atoms with E-state index in [1.165, 1.54) is 43.1 Å². The van der Waals surface area contributed by atoms with Gasteiger partial charge in [0.2, 0.25) is 5.91 Å². The van der Waals surface area contributed by atoms with Crippen molar-refractivity contribution in [2.75, 3.05) is 26.0 Å². The maximum Gasteiger partial charge on any atom is 0.344 e. The molecule has 0 bridgehead atoms. The van der Waals surface area contributed by atoms with Gasteiger partial charge in [0, 0.05) is 18.0 Å². The van der Waals surface area contributed by atoms with E-state index in [0.29, 0.717) is 21.8 Å². The van der Waals surface area contributed by atoms with Gasteiger partial charge in [-0.2, -0.15) is 0 Å². The van der Waals surface area contributed by atoms with Gasteiger partial charge in [-0.05, 0) is 49.2 Å². The summed E-state index contributed by atoms with van der Waals surface area (Å²) in [5, 5.41) is 0. The van der Waals surface area contributed by atoms with Crippen LogP contribution >= 0.6 is 11.8 Å². The van der Waals surface area contributed by atoms with Crippen molar-refractivity contribution in [3.8, 4) is 5.75 Å². The number of nitrogens with zero attached hydrogens (tertiary/aromatic N) is 1. The summed E-state index contributed by atoms with van der Waals surface area (Å²) in [6.07, 6.45) is 2.10. The van der Waals surface area contributed by atoms with Crippen molar-refractivity contribution in [1.29, 1.82) is 0 Å². The number of hydrogen-bond donors (Lipinski definition) is 0. The molecule has 6 nitrogen and oxygen atoms in total. The lowest BCUT2D eigenvalue weighted by Crippen LogP contribution is -2.29. The van der Waals surface area contributed by atoms with E-state index in [9.17, 15) is 14.4 Å². The molecule has 0 atom stereocenters. The molecule has 1 heterocycles. The lowest BCUT2D eigenvalue weighted by atomic mass is 10.2. The Morgan fingerprint density at radius 1 is 0.964 bits per heavy atom. The van der Waals surface area contributed by atoms with Gasteiger partial charge in [-0.3, -0.25) is 4.79 Å². The summed E-state index contributed by atoms with van der Waals surface area (Å²) in [4.78, 5) is 38.9. The third-order valence-electron chi connectivity index (χ3n) is 4.40. The van der Waals surface area contributed by atoms with E-state index in [2.05, 4.69) is 4.74 Å². The molecule has 146 valence electrons. The second kappa shape index (κ2) is 9.41. The van der Waals surface area contributed by atoms with Crippen LogP contribution in [0.3, 0.4) is 0 Å². The van der Waals surface area contributed by atoms with Gasteiger partial charge in [-0.25, -0.2) is 9.59 Å². The van der Waals surface area contributed by atoms with Gasteiger partial charge in [0.25, 0.3) is 0 Å². The summed E-state index contributed by atoms with van der Waals surface area (Å²) in [5.41, 5.74) is 0.775. The number of carbonyl (C=O) groups is 3. The fourth-order valence-corrected chi connectivity index (χ4v) is 3.84. The van der Waals surface area contributed by atoms with Gasteiger partial charge in [-0.1, -0.05) is 12.1 Å². The number of esters is 2. The topological polar surface area (TPSA) is 72.9 Å². The summed E-state index contributed by atoms with van der Waals surface area (Å²) in [5.74, 6) is -0.266. The number of methoxy groups -OCH3 is 1. The van der Waals surface area contributed by atoms with E-state index < -0.39 is 11.9 Å². The van der Waals surface area contributed by atoms with Crippen molar-refractivity contribution in [3.63, 3.8) is 0 Å². The van der Waals surface area contributed by atoms with Crippen molar-refractivity contribution < 1.29 is 23.9 Å². The Balaban J connectivity index is 1.65. The van der Waals surface area contributed by atoms with Crippen LogP contribution in [0, 0.1) is 0 Å². The molecule has 0 N–H and O–H groups in total. The number of hydrogen-bond acceptors (Lipinski definition) is 6. The highest BCUT2D eigenvalue weighted by Crippen LogP contribution is 2.25. The summed E-state index contributed by atoms with van der Waals surface area (Å²) < 4.78 is 10.1. The molecule has 3 rings (SSSR count). The first-order valence-corrected chi connectivity index (χ1v) is 9.97. The highest BCUT2D eigenvalue weighted by atomic mass is 32.2. The number of rotatable bonds is 6. The van der Waals surface area contributed by atoms with Gasteiger partial charge in [0.1, 0.15) is 5.75 Å². The van der Waals surface area contributed by atoms with E-state index >= 15 is 0 Å². The smallest absolute Gasteiger partial charge is 0.344 e. The zero-order valence-corrected chi connectivity index (χ0v) is 16.4. The molecule has 0 spiro atoms. The molecule has 0 saturated carbocycles. The Bertz CT molecular complexity index is 859. The van der Waals surface area contributed by atoms with Crippen LogP contribution in [-0.2, 0) is 9.53 Å². The molecule has 1 fully saturated rings. The van der Waals surface area contributed by atoms with Crippen LogP contribution in [-0.4, -0.2) is 48.7 Å². The van der Waals surface area contributed by atoms with Gasteiger partial charge in [-0.15, -0.1) is 11.8 Å². The maximum absolute atomic E-state index is 12.6. The minimum atomic E-state index is -0.512. The molecule has 1 aliphatic heterocycles. The predicted octanol–water partition coefficient (Wildman–Crippen LogP) is 3.41. The van der Waals surface area contributed by atoms with E-state index in [1.54, 1.807) is 18.2 Å². The molecular formula is C21H21NO5S. The van der Waals surface area contributed by atoms with Crippen molar-refractivity contribution in [1.82, 2.24) is 4.90 Å². The van der Waals surface area contributed by atoms with Gasteiger partial charge < -0.3 is 14.4 Å². The summed E-state index contributed by atoms with van der Waals surface area (Å²) in [7, 11) is 1.30. The zero-order chi connectivity index (χ0) is 19.9. The normalized spacial score (nSPS) is 13.2. The van der Waals surface area contributed by atoms with Crippen molar-refractivity contribution in [3.05, 3.63) is 59.7 Å². The second-order valence-electron chi connectivity index (χ2n) is 6.28. The molecule has 2 aromatic carbocycles. The van der Waals surface area contributed by atoms with Crippen molar-refractivity contribution in [2.24, 2.45) is 0 Å². The fraction of sp³-hybridized carbons (Fsp3) is 0.286. The minimum absolute atomic E-state index is 0.0871.